The molecule has 0 unspecified atom stereocenters. The lowest BCUT2D eigenvalue weighted by molar-refractivity contribution is 0.103. The molecule has 0 radical (unpaired) electrons. The summed E-state index contributed by atoms with van der Waals surface area (Å²) in [5.41, 5.74) is 3.68. The molecule has 0 bridgehead atoms. The number of aliphatic hydroxyl groups excluding tert-OH is 3. The first kappa shape index (κ1) is 17.3. The van der Waals surface area contributed by atoms with Gasteiger partial charge in [0.15, 0.2) is 5.78 Å². The van der Waals surface area contributed by atoms with Crippen molar-refractivity contribution < 1.29 is 20.1 Å². The van der Waals surface area contributed by atoms with E-state index in [1.807, 2.05) is 24.3 Å². The minimum Gasteiger partial charge on any atom is -0.396 e. The standard InChI is InChI=1S/C19H22O4/c20-11-8-14-6-7-18(17(10-13-22)16(14)9-12-21)19(23)15-4-2-1-3-5-15/h1-7,20-22H,8-13H2. The van der Waals surface area contributed by atoms with Crippen LogP contribution in [0.1, 0.15) is 32.6 Å². The van der Waals surface area contributed by atoms with Gasteiger partial charge in [-0.15, -0.1) is 0 Å². The van der Waals surface area contributed by atoms with Crippen LogP contribution in [0.25, 0.3) is 0 Å². The van der Waals surface area contributed by atoms with Gasteiger partial charge < -0.3 is 15.3 Å². The lowest BCUT2D eigenvalue weighted by Gasteiger charge is -2.17. The fourth-order valence-corrected chi connectivity index (χ4v) is 2.87. The van der Waals surface area contributed by atoms with Gasteiger partial charge in [-0.1, -0.05) is 42.5 Å². The molecule has 2 rings (SSSR count). The van der Waals surface area contributed by atoms with Crippen LogP contribution in [0.15, 0.2) is 42.5 Å². The van der Waals surface area contributed by atoms with Crippen LogP contribution in [0.4, 0.5) is 0 Å². The smallest absolute Gasteiger partial charge is 0.193 e. The van der Waals surface area contributed by atoms with Crippen LogP contribution in [0.2, 0.25) is 0 Å². The van der Waals surface area contributed by atoms with Gasteiger partial charge in [0.1, 0.15) is 0 Å². The summed E-state index contributed by atoms with van der Waals surface area (Å²) in [7, 11) is 0. The van der Waals surface area contributed by atoms with Crippen LogP contribution in [0, 0.1) is 0 Å². The quantitative estimate of drug-likeness (QED) is 0.646. The second-order valence-corrected chi connectivity index (χ2v) is 5.35. The van der Waals surface area contributed by atoms with Crippen LogP contribution in [-0.4, -0.2) is 40.9 Å². The van der Waals surface area contributed by atoms with E-state index in [1.54, 1.807) is 18.2 Å². The molecule has 0 saturated carbocycles. The van der Waals surface area contributed by atoms with E-state index in [4.69, 9.17) is 0 Å². The zero-order chi connectivity index (χ0) is 16.7. The van der Waals surface area contributed by atoms with Gasteiger partial charge in [-0.05, 0) is 36.0 Å². The Morgan fingerprint density at radius 2 is 1.35 bits per heavy atom. The Labute approximate surface area is 136 Å². The Hall–Kier alpha value is -2.01. The van der Waals surface area contributed by atoms with Crippen LogP contribution in [-0.2, 0) is 19.3 Å². The fourth-order valence-electron chi connectivity index (χ4n) is 2.87. The number of rotatable bonds is 8. The minimum absolute atomic E-state index is 0.00295. The van der Waals surface area contributed by atoms with Crippen LogP contribution < -0.4 is 0 Å². The molecule has 0 heterocycles. The molecule has 4 nitrogen and oxygen atoms in total. The lowest BCUT2D eigenvalue weighted by Crippen LogP contribution is -2.13. The van der Waals surface area contributed by atoms with Gasteiger partial charge in [0.2, 0.25) is 0 Å². The van der Waals surface area contributed by atoms with Crippen molar-refractivity contribution in [2.75, 3.05) is 19.8 Å². The highest BCUT2D eigenvalue weighted by atomic mass is 16.3. The number of ketones is 1. The van der Waals surface area contributed by atoms with E-state index in [9.17, 15) is 20.1 Å². The third kappa shape index (κ3) is 4.05. The molecule has 0 aliphatic rings. The molecule has 0 saturated heterocycles. The molecule has 0 spiro atoms. The zero-order valence-electron chi connectivity index (χ0n) is 13.0. The van der Waals surface area contributed by atoms with Gasteiger partial charge in [-0.25, -0.2) is 0 Å². The molecule has 0 amide bonds. The molecule has 0 atom stereocenters. The summed E-state index contributed by atoms with van der Waals surface area (Å²) >= 11 is 0. The highest BCUT2D eigenvalue weighted by Gasteiger charge is 2.18. The molecule has 3 N–H and O–H groups in total. The van der Waals surface area contributed by atoms with Crippen LogP contribution in [0.5, 0.6) is 0 Å². The molecular formula is C19H22O4. The summed E-state index contributed by atoms with van der Waals surface area (Å²) in [6.07, 6.45) is 1.22. The summed E-state index contributed by atoms with van der Waals surface area (Å²) in [6, 6.07) is 12.6. The van der Waals surface area contributed by atoms with Gasteiger partial charge in [0, 0.05) is 30.9 Å². The molecule has 4 heteroatoms. The van der Waals surface area contributed by atoms with E-state index in [0.29, 0.717) is 30.4 Å². The molecule has 122 valence electrons. The predicted molar refractivity (Wildman–Crippen MR) is 88.7 cm³/mol. The average Bonchev–Trinajstić information content (AvgIpc) is 2.58. The number of benzene rings is 2. The monoisotopic (exact) mass is 314 g/mol. The number of hydrogen-bond acceptors (Lipinski definition) is 4. The van der Waals surface area contributed by atoms with Crippen molar-refractivity contribution in [1.29, 1.82) is 0 Å². The maximum absolute atomic E-state index is 12.8. The van der Waals surface area contributed by atoms with Gasteiger partial charge in [0.25, 0.3) is 0 Å². The highest BCUT2D eigenvalue weighted by molar-refractivity contribution is 6.10. The first-order chi connectivity index (χ1) is 11.2. The second kappa shape index (κ2) is 8.58. The van der Waals surface area contributed by atoms with Crippen molar-refractivity contribution in [2.24, 2.45) is 0 Å². The maximum Gasteiger partial charge on any atom is 0.193 e. The van der Waals surface area contributed by atoms with E-state index < -0.39 is 0 Å². The van der Waals surface area contributed by atoms with E-state index in [-0.39, 0.29) is 25.6 Å². The van der Waals surface area contributed by atoms with E-state index in [2.05, 4.69) is 0 Å². The fraction of sp³-hybridized carbons (Fsp3) is 0.316. The molecule has 2 aromatic rings. The first-order valence-corrected chi connectivity index (χ1v) is 7.78. The summed E-state index contributed by atoms with van der Waals surface area (Å²) in [4.78, 5) is 12.8. The summed E-state index contributed by atoms with van der Waals surface area (Å²) in [6.45, 7) is -0.112. The summed E-state index contributed by atoms with van der Waals surface area (Å²) < 4.78 is 0. The summed E-state index contributed by atoms with van der Waals surface area (Å²) in [5, 5.41) is 27.9. The molecular weight excluding hydrogens is 292 g/mol. The molecule has 23 heavy (non-hydrogen) atoms. The molecule has 0 aromatic heterocycles. The zero-order valence-corrected chi connectivity index (χ0v) is 13.0. The lowest BCUT2D eigenvalue weighted by atomic mass is 9.87. The van der Waals surface area contributed by atoms with Gasteiger partial charge in [0.05, 0.1) is 0 Å². The van der Waals surface area contributed by atoms with Crippen molar-refractivity contribution in [3.05, 3.63) is 70.3 Å². The van der Waals surface area contributed by atoms with Crippen molar-refractivity contribution in [1.82, 2.24) is 0 Å². The molecule has 0 fully saturated rings. The minimum atomic E-state index is -0.0937. The maximum atomic E-state index is 12.8. The van der Waals surface area contributed by atoms with E-state index in [1.165, 1.54) is 0 Å². The largest absolute Gasteiger partial charge is 0.396 e. The van der Waals surface area contributed by atoms with Crippen molar-refractivity contribution in [3.63, 3.8) is 0 Å². The van der Waals surface area contributed by atoms with Crippen molar-refractivity contribution in [3.8, 4) is 0 Å². The third-order valence-corrected chi connectivity index (χ3v) is 3.91. The number of hydrogen-bond donors (Lipinski definition) is 3. The van der Waals surface area contributed by atoms with Crippen LogP contribution >= 0.6 is 0 Å². The Morgan fingerprint density at radius 3 is 1.96 bits per heavy atom. The Bertz CT molecular complexity index is 650. The van der Waals surface area contributed by atoms with E-state index >= 15 is 0 Å². The number of carbonyl (C=O) groups is 1. The first-order valence-electron chi connectivity index (χ1n) is 7.78. The molecule has 0 aliphatic carbocycles. The molecule has 2 aromatic carbocycles. The SMILES string of the molecule is O=C(c1ccccc1)c1ccc(CCO)c(CCO)c1CCO. The predicted octanol–water partition coefficient (Wildman–Crippen LogP) is 1.52. The topological polar surface area (TPSA) is 77.8 Å². The number of aliphatic hydroxyl groups is 3. The number of carbonyl (C=O) groups excluding carboxylic acids is 1. The van der Waals surface area contributed by atoms with Gasteiger partial charge in [-0.3, -0.25) is 4.79 Å². The Kier molecular flexibility index (Phi) is 6.47. The van der Waals surface area contributed by atoms with Gasteiger partial charge in [-0.2, -0.15) is 0 Å². The Balaban J connectivity index is 2.54. The van der Waals surface area contributed by atoms with Crippen molar-refractivity contribution in [2.45, 2.75) is 19.3 Å². The van der Waals surface area contributed by atoms with E-state index in [0.717, 1.165) is 16.7 Å². The third-order valence-electron chi connectivity index (χ3n) is 3.91. The van der Waals surface area contributed by atoms with Gasteiger partial charge >= 0.3 is 0 Å². The summed E-state index contributed by atoms with van der Waals surface area (Å²) in [5.74, 6) is -0.0937. The average molecular weight is 314 g/mol. The van der Waals surface area contributed by atoms with Crippen LogP contribution in [0.3, 0.4) is 0 Å². The normalized spacial score (nSPS) is 10.7. The molecule has 0 aliphatic heterocycles. The van der Waals surface area contributed by atoms with Crippen molar-refractivity contribution >= 4 is 5.78 Å². The Morgan fingerprint density at radius 1 is 0.739 bits per heavy atom. The second-order valence-electron chi connectivity index (χ2n) is 5.35. The highest BCUT2D eigenvalue weighted by Crippen LogP contribution is 2.24.